The van der Waals surface area contributed by atoms with E-state index in [4.69, 9.17) is 5.11 Å². The van der Waals surface area contributed by atoms with Gasteiger partial charge in [0, 0.05) is 18.1 Å². The molecule has 1 aromatic rings. The zero-order valence-corrected chi connectivity index (χ0v) is 12.7. The summed E-state index contributed by atoms with van der Waals surface area (Å²) in [6, 6.07) is 2.60. The molecule has 18 heavy (non-hydrogen) atoms. The number of hydrogen-bond donors (Lipinski definition) is 1. The molecule has 0 radical (unpaired) electrons. The molecule has 0 aliphatic rings. The Morgan fingerprint density at radius 2 is 2.00 bits per heavy atom. The number of nitrogens with zero attached hydrogens (tertiary/aromatic N) is 1. The first-order chi connectivity index (χ1) is 8.21. The molecule has 0 aromatic heterocycles. The van der Waals surface area contributed by atoms with Gasteiger partial charge in [-0.15, -0.1) is 0 Å². The van der Waals surface area contributed by atoms with E-state index >= 15 is 0 Å². The van der Waals surface area contributed by atoms with Crippen LogP contribution in [0.3, 0.4) is 0 Å². The predicted molar refractivity (Wildman–Crippen MR) is 71.3 cm³/mol. The molecule has 0 amide bonds. The summed E-state index contributed by atoms with van der Waals surface area (Å²) in [7, 11) is -2.23. The highest BCUT2D eigenvalue weighted by Crippen LogP contribution is 2.29. The number of aryl methyl sites for hydroxylation is 1. The molecular weight excluding hydrogens is 322 g/mol. The quantitative estimate of drug-likeness (QED) is 0.914. The van der Waals surface area contributed by atoms with E-state index in [1.165, 1.54) is 19.2 Å². The molecule has 0 heterocycles. The monoisotopic (exact) mass is 335 g/mol. The molecule has 1 aromatic carbocycles. The minimum Gasteiger partial charge on any atom is -0.478 e. The van der Waals surface area contributed by atoms with Crippen LogP contribution in [0.15, 0.2) is 21.5 Å². The number of carboxylic acid groups (broad SMARTS) is 1. The van der Waals surface area contributed by atoms with Crippen LogP contribution in [-0.2, 0) is 10.0 Å². The molecule has 7 heteroatoms. The second-order valence-electron chi connectivity index (χ2n) is 3.83. The van der Waals surface area contributed by atoms with E-state index in [9.17, 15) is 13.2 Å². The standard InChI is InChI=1S/C11H14BrNO4S/c1-4-13(3)18(16,17)9-6-8(11(14)15)5-7(2)10(9)12/h5-6H,4H2,1-3H3,(H,14,15). The second kappa shape index (κ2) is 5.38. The van der Waals surface area contributed by atoms with Gasteiger partial charge in [0.2, 0.25) is 10.0 Å². The highest BCUT2D eigenvalue weighted by atomic mass is 79.9. The van der Waals surface area contributed by atoms with Crippen molar-refractivity contribution in [3.05, 3.63) is 27.7 Å². The number of carboxylic acids is 1. The van der Waals surface area contributed by atoms with Gasteiger partial charge in [-0.25, -0.2) is 17.5 Å². The fourth-order valence-electron chi connectivity index (χ4n) is 1.39. The molecule has 5 nitrogen and oxygen atoms in total. The molecule has 1 N–H and O–H groups in total. The minimum atomic E-state index is -3.68. The van der Waals surface area contributed by atoms with Crippen molar-refractivity contribution >= 4 is 31.9 Å². The van der Waals surface area contributed by atoms with Crippen LogP contribution in [0, 0.1) is 6.92 Å². The zero-order chi connectivity index (χ0) is 14.1. The normalized spacial score (nSPS) is 11.8. The van der Waals surface area contributed by atoms with Gasteiger partial charge in [0.25, 0.3) is 0 Å². The number of aromatic carboxylic acids is 1. The molecule has 0 spiro atoms. The van der Waals surface area contributed by atoms with Gasteiger partial charge in [0.15, 0.2) is 0 Å². The Morgan fingerprint density at radius 1 is 1.44 bits per heavy atom. The van der Waals surface area contributed by atoms with Gasteiger partial charge < -0.3 is 5.11 Å². The van der Waals surface area contributed by atoms with Crippen LogP contribution in [0.1, 0.15) is 22.8 Å². The number of carbonyl (C=O) groups is 1. The Balaban J connectivity index is 3.55. The van der Waals surface area contributed by atoms with E-state index < -0.39 is 16.0 Å². The fraction of sp³-hybridized carbons (Fsp3) is 0.364. The number of hydrogen-bond acceptors (Lipinski definition) is 3. The van der Waals surface area contributed by atoms with E-state index in [1.54, 1.807) is 13.8 Å². The lowest BCUT2D eigenvalue weighted by molar-refractivity contribution is 0.0696. The van der Waals surface area contributed by atoms with Gasteiger partial charge in [0.05, 0.1) is 10.5 Å². The molecule has 0 bridgehead atoms. The summed E-state index contributed by atoms with van der Waals surface area (Å²) in [5, 5.41) is 8.96. The van der Waals surface area contributed by atoms with Crippen LogP contribution in [0.5, 0.6) is 0 Å². The van der Waals surface area contributed by atoms with Crippen LogP contribution < -0.4 is 0 Å². The van der Waals surface area contributed by atoms with Crippen molar-refractivity contribution in [2.24, 2.45) is 0 Å². The topological polar surface area (TPSA) is 74.7 Å². The van der Waals surface area contributed by atoms with Crippen molar-refractivity contribution in [1.29, 1.82) is 0 Å². The van der Waals surface area contributed by atoms with Gasteiger partial charge in [0.1, 0.15) is 0 Å². The van der Waals surface area contributed by atoms with Crippen molar-refractivity contribution in [2.75, 3.05) is 13.6 Å². The zero-order valence-electron chi connectivity index (χ0n) is 10.3. The highest BCUT2D eigenvalue weighted by molar-refractivity contribution is 9.10. The van der Waals surface area contributed by atoms with Gasteiger partial charge in [-0.1, -0.05) is 6.92 Å². The Bertz CT molecular complexity index is 583. The third-order valence-corrected chi connectivity index (χ3v) is 5.87. The van der Waals surface area contributed by atoms with E-state index in [0.29, 0.717) is 16.6 Å². The maximum absolute atomic E-state index is 12.2. The van der Waals surface area contributed by atoms with E-state index in [-0.39, 0.29) is 10.5 Å². The molecule has 0 unspecified atom stereocenters. The maximum Gasteiger partial charge on any atom is 0.335 e. The summed E-state index contributed by atoms with van der Waals surface area (Å²) in [6.07, 6.45) is 0. The molecule has 0 fully saturated rings. The predicted octanol–water partition coefficient (Wildman–Crippen LogP) is 2.10. The minimum absolute atomic E-state index is 0.0238. The van der Waals surface area contributed by atoms with Crippen molar-refractivity contribution < 1.29 is 18.3 Å². The molecule has 0 saturated carbocycles. The molecule has 0 saturated heterocycles. The first-order valence-corrected chi connectivity index (χ1v) is 7.45. The number of benzene rings is 1. The molecule has 100 valence electrons. The molecular formula is C11H14BrNO4S. The fourth-order valence-corrected chi connectivity index (χ4v) is 3.57. The number of rotatable bonds is 4. The molecule has 0 aliphatic carbocycles. The summed E-state index contributed by atoms with van der Waals surface area (Å²) in [5.41, 5.74) is 0.525. The lowest BCUT2D eigenvalue weighted by Crippen LogP contribution is -2.27. The van der Waals surface area contributed by atoms with Gasteiger partial charge in [-0.2, -0.15) is 0 Å². The van der Waals surface area contributed by atoms with E-state index in [2.05, 4.69) is 15.9 Å². The second-order valence-corrected chi connectivity index (χ2v) is 6.64. The van der Waals surface area contributed by atoms with Crippen LogP contribution in [0.25, 0.3) is 0 Å². The largest absolute Gasteiger partial charge is 0.478 e. The SMILES string of the molecule is CCN(C)S(=O)(=O)c1cc(C(=O)O)cc(C)c1Br. The van der Waals surface area contributed by atoms with Crippen LogP contribution >= 0.6 is 15.9 Å². The van der Waals surface area contributed by atoms with E-state index in [0.717, 1.165) is 4.31 Å². The molecule has 0 atom stereocenters. The Labute approximate surface area is 115 Å². The number of halogens is 1. The van der Waals surface area contributed by atoms with E-state index in [1.807, 2.05) is 0 Å². The lowest BCUT2D eigenvalue weighted by Gasteiger charge is -2.17. The first kappa shape index (κ1) is 15.1. The van der Waals surface area contributed by atoms with Gasteiger partial charge in [-0.05, 0) is 40.5 Å². The van der Waals surface area contributed by atoms with Gasteiger partial charge >= 0.3 is 5.97 Å². The lowest BCUT2D eigenvalue weighted by atomic mass is 10.1. The third kappa shape index (κ3) is 2.73. The molecule has 0 aliphatic heterocycles. The summed E-state index contributed by atoms with van der Waals surface area (Å²) in [6.45, 7) is 3.67. The van der Waals surface area contributed by atoms with Gasteiger partial charge in [-0.3, -0.25) is 0 Å². The summed E-state index contributed by atoms with van der Waals surface area (Å²) < 4.78 is 26.0. The molecule has 1 rings (SSSR count). The Kier molecular flexibility index (Phi) is 4.52. The third-order valence-electron chi connectivity index (χ3n) is 2.60. The Hall–Kier alpha value is -0.920. The van der Waals surface area contributed by atoms with Crippen LogP contribution in [0.2, 0.25) is 0 Å². The van der Waals surface area contributed by atoms with Crippen LogP contribution in [-0.4, -0.2) is 37.4 Å². The average Bonchev–Trinajstić information content (AvgIpc) is 2.30. The first-order valence-electron chi connectivity index (χ1n) is 5.21. The summed E-state index contributed by atoms with van der Waals surface area (Å²) in [5.74, 6) is -1.15. The van der Waals surface area contributed by atoms with Crippen molar-refractivity contribution in [3.8, 4) is 0 Å². The maximum atomic E-state index is 12.2. The van der Waals surface area contributed by atoms with Crippen molar-refractivity contribution in [2.45, 2.75) is 18.7 Å². The highest BCUT2D eigenvalue weighted by Gasteiger charge is 2.24. The number of sulfonamides is 1. The Morgan fingerprint density at radius 3 is 2.44 bits per heavy atom. The summed E-state index contributed by atoms with van der Waals surface area (Å²) in [4.78, 5) is 10.9. The average molecular weight is 336 g/mol. The smallest absolute Gasteiger partial charge is 0.335 e. The van der Waals surface area contributed by atoms with Crippen molar-refractivity contribution in [1.82, 2.24) is 4.31 Å². The van der Waals surface area contributed by atoms with Crippen LogP contribution in [0.4, 0.5) is 0 Å². The van der Waals surface area contributed by atoms with Crippen molar-refractivity contribution in [3.63, 3.8) is 0 Å². The summed E-state index contributed by atoms with van der Waals surface area (Å²) >= 11 is 3.20.